The van der Waals surface area contributed by atoms with Gasteiger partial charge in [0.15, 0.2) is 5.78 Å². The summed E-state index contributed by atoms with van der Waals surface area (Å²) in [5.74, 6) is 0.810. The average molecular weight is 295 g/mol. The first-order valence-corrected chi connectivity index (χ1v) is 7.68. The van der Waals surface area contributed by atoms with E-state index in [9.17, 15) is 4.79 Å². The number of benzene rings is 1. The monoisotopic (exact) mass is 295 g/mol. The van der Waals surface area contributed by atoms with Crippen LogP contribution >= 0.6 is 11.8 Å². The lowest BCUT2D eigenvalue weighted by Crippen LogP contribution is -2.12. The summed E-state index contributed by atoms with van der Waals surface area (Å²) < 4.78 is 2.11. The topological polar surface area (TPSA) is 50.7 Å². The number of carbonyl (C=O) groups is 1. The molecule has 1 aliphatic heterocycles. The predicted octanol–water partition coefficient (Wildman–Crippen LogP) is 3.27. The molecule has 0 amide bonds. The van der Waals surface area contributed by atoms with Crippen LogP contribution in [-0.2, 0) is 7.05 Å². The second-order valence-electron chi connectivity index (χ2n) is 5.05. The number of para-hydroxylation sites is 1. The number of ketones is 1. The minimum atomic E-state index is 0.121. The van der Waals surface area contributed by atoms with E-state index in [1.807, 2.05) is 31.3 Å². The third kappa shape index (κ3) is 1.85. The van der Waals surface area contributed by atoms with Gasteiger partial charge < -0.3 is 9.55 Å². The first-order valence-electron chi connectivity index (χ1n) is 6.69. The van der Waals surface area contributed by atoms with Crippen LogP contribution in [0.15, 0.2) is 47.4 Å². The molecule has 21 heavy (non-hydrogen) atoms. The zero-order chi connectivity index (χ0) is 14.4. The number of imidazole rings is 1. The van der Waals surface area contributed by atoms with Crippen molar-refractivity contribution in [3.05, 3.63) is 53.6 Å². The molecule has 4 rings (SSSR count). The van der Waals surface area contributed by atoms with Crippen molar-refractivity contribution in [3.63, 3.8) is 0 Å². The van der Waals surface area contributed by atoms with Gasteiger partial charge in [-0.05, 0) is 12.1 Å². The Labute approximate surface area is 125 Å². The maximum atomic E-state index is 12.8. The standard InChI is InChI=1S/C16H13N3OS/c1-19-13-5-3-2-4-12(13)14-15(20)10(8-21-16(14)19)6-11-7-17-9-18-11/h2-7,9H,8H2,1H3,(H,17,18)/b10-6-. The summed E-state index contributed by atoms with van der Waals surface area (Å²) in [7, 11) is 2.02. The van der Waals surface area contributed by atoms with Crippen molar-refractivity contribution in [1.29, 1.82) is 0 Å². The van der Waals surface area contributed by atoms with Crippen LogP contribution in [0.2, 0.25) is 0 Å². The van der Waals surface area contributed by atoms with Crippen molar-refractivity contribution in [3.8, 4) is 0 Å². The van der Waals surface area contributed by atoms with Crippen LogP contribution in [0.5, 0.6) is 0 Å². The third-order valence-corrected chi connectivity index (χ3v) is 4.99. The number of aryl methyl sites for hydroxylation is 1. The van der Waals surface area contributed by atoms with Crippen molar-refractivity contribution in [2.45, 2.75) is 5.03 Å². The summed E-state index contributed by atoms with van der Waals surface area (Å²) in [5, 5.41) is 2.09. The first-order chi connectivity index (χ1) is 10.3. The van der Waals surface area contributed by atoms with E-state index >= 15 is 0 Å². The van der Waals surface area contributed by atoms with E-state index in [1.54, 1.807) is 24.3 Å². The summed E-state index contributed by atoms with van der Waals surface area (Å²) in [6.45, 7) is 0. The lowest BCUT2D eigenvalue weighted by molar-refractivity contribution is 0.103. The Morgan fingerprint density at radius 1 is 1.38 bits per heavy atom. The number of thioether (sulfide) groups is 1. The molecule has 0 spiro atoms. The van der Waals surface area contributed by atoms with E-state index in [4.69, 9.17) is 0 Å². The zero-order valence-corrected chi connectivity index (χ0v) is 12.3. The van der Waals surface area contributed by atoms with Crippen LogP contribution in [-0.4, -0.2) is 26.1 Å². The molecule has 0 saturated carbocycles. The minimum Gasteiger partial charge on any atom is -0.345 e. The van der Waals surface area contributed by atoms with Crippen molar-refractivity contribution < 1.29 is 4.79 Å². The van der Waals surface area contributed by atoms with E-state index in [0.717, 1.165) is 32.8 Å². The Morgan fingerprint density at radius 3 is 3.05 bits per heavy atom. The lowest BCUT2D eigenvalue weighted by atomic mass is 10.0. The lowest BCUT2D eigenvalue weighted by Gasteiger charge is -2.15. The molecule has 0 aliphatic carbocycles. The highest BCUT2D eigenvalue weighted by Gasteiger charge is 2.28. The van der Waals surface area contributed by atoms with Crippen LogP contribution < -0.4 is 0 Å². The third-order valence-electron chi connectivity index (χ3n) is 3.79. The van der Waals surface area contributed by atoms with Gasteiger partial charge in [-0.15, -0.1) is 11.8 Å². The molecule has 0 saturated heterocycles. The van der Waals surface area contributed by atoms with Crippen LogP contribution in [0.1, 0.15) is 16.1 Å². The number of Topliss-reactive ketones (excluding diaryl/α,β-unsaturated/α-hetero) is 1. The van der Waals surface area contributed by atoms with Gasteiger partial charge in [-0.2, -0.15) is 0 Å². The van der Waals surface area contributed by atoms with Crippen LogP contribution in [0.3, 0.4) is 0 Å². The molecule has 1 aromatic carbocycles. The number of aromatic amines is 1. The number of hydrogen-bond donors (Lipinski definition) is 1. The Hall–Kier alpha value is -2.27. The molecule has 1 N–H and O–H groups in total. The van der Waals surface area contributed by atoms with E-state index in [2.05, 4.69) is 20.6 Å². The van der Waals surface area contributed by atoms with Crippen LogP contribution in [0.25, 0.3) is 17.0 Å². The fraction of sp³-hybridized carbons (Fsp3) is 0.125. The Bertz CT molecular complexity index is 874. The molecule has 0 atom stereocenters. The van der Waals surface area contributed by atoms with Gasteiger partial charge in [0.25, 0.3) is 0 Å². The second-order valence-corrected chi connectivity index (χ2v) is 6.01. The van der Waals surface area contributed by atoms with E-state index in [-0.39, 0.29) is 5.78 Å². The minimum absolute atomic E-state index is 0.121. The number of fused-ring (bicyclic) bond motifs is 3. The van der Waals surface area contributed by atoms with Gasteiger partial charge in [-0.1, -0.05) is 18.2 Å². The highest BCUT2D eigenvalue weighted by molar-refractivity contribution is 7.99. The van der Waals surface area contributed by atoms with Crippen molar-refractivity contribution in [1.82, 2.24) is 14.5 Å². The predicted molar refractivity (Wildman–Crippen MR) is 84.5 cm³/mol. The quantitative estimate of drug-likeness (QED) is 0.701. The van der Waals surface area contributed by atoms with Crippen molar-refractivity contribution in [2.24, 2.45) is 7.05 Å². The number of aromatic nitrogens is 3. The number of nitrogens with zero attached hydrogens (tertiary/aromatic N) is 2. The molecule has 0 fully saturated rings. The molecule has 2 aromatic heterocycles. The van der Waals surface area contributed by atoms with Gasteiger partial charge in [-0.3, -0.25) is 4.79 Å². The smallest absolute Gasteiger partial charge is 0.193 e. The molecular formula is C16H13N3OS. The number of rotatable bonds is 1. The molecule has 104 valence electrons. The highest BCUT2D eigenvalue weighted by Crippen LogP contribution is 2.39. The van der Waals surface area contributed by atoms with E-state index in [1.165, 1.54) is 0 Å². The molecule has 3 aromatic rings. The summed E-state index contributed by atoms with van der Waals surface area (Å²) in [6, 6.07) is 8.06. The van der Waals surface area contributed by atoms with Gasteiger partial charge >= 0.3 is 0 Å². The van der Waals surface area contributed by atoms with Crippen molar-refractivity contribution in [2.75, 3.05) is 5.75 Å². The van der Waals surface area contributed by atoms with E-state index in [0.29, 0.717) is 5.75 Å². The molecule has 4 nitrogen and oxygen atoms in total. The normalized spacial score (nSPS) is 16.6. The van der Waals surface area contributed by atoms with Gasteiger partial charge in [0.05, 0.1) is 28.8 Å². The summed E-state index contributed by atoms with van der Waals surface area (Å²) >= 11 is 1.71. The highest BCUT2D eigenvalue weighted by atomic mass is 32.2. The number of nitrogens with one attached hydrogen (secondary N) is 1. The molecule has 3 heterocycles. The van der Waals surface area contributed by atoms with Gasteiger partial charge in [0.1, 0.15) is 0 Å². The van der Waals surface area contributed by atoms with Crippen molar-refractivity contribution >= 4 is 34.5 Å². The summed E-state index contributed by atoms with van der Waals surface area (Å²) in [5.41, 5.74) is 3.61. The Morgan fingerprint density at radius 2 is 2.24 bits per heavy atom. The Kier molecular flexibility index (Phi) is 2.75. The fourth-order valence-electron chi connectivity index (χ4n) is 2.77. The molecule has 5 heteroatoms. The van der Waals surface area contributed by atoms with Gasteiger partial charge in [0.2, 0.25) is 0 Å². The van der Waals surface area contributed by atoms with Crippen LogP contribution in [0.4, 0.5) is 0 Å². The number of hydrogen-bond acceptors (Lipinski definition) is 3. The average Bonchev–Trinajstić information content (AvgIpc) is 3.10. The summed E-state index contributed by atoms with van der Waals surface area (Å²) in [4.78, 5) is 19.8. The number of carbonyl (C=O) groups excluding carboxylic acids is 1. The molecule has 0 bridgehead atoms. The SMILES string of the molecule is Cn1c2c(c3ccccc31)C(=O)/C(=C\c1cnc[nH]1)CS2. The largest absolute Gasteiger partial charge is 0.345 e. The first kappa shape index (κ1) is 12.5. The molecule has 0 radical (unpaired) electrons. The maximum absolute atomic E-state index is 12.8. The molecule has 0 unspecified atom stereocenters. The van der Waals surface area contributed by atoms with Crippen LogP contribution in [0, 0.1) is 0 Å². The fourth-order valence-corrected chi connectivity index (χ4v) is 3.92. The van der Waals surface area contributed by atoms with Gasteiger partial charge in [0, 0.05) is 29.3 Å². The molecular weight excluding hydrogens is 282 g/mol. The second kappa shape index (κ2) is 4.63. The maximum Gasteiger partial charge on any atom is 0.193 e. The molecule has 1 aliphatic rings. The van der Waals surface area contributed by atoms with E-state index < -0.39 is 0 Å². The number of H-pyrrole nitrogens is 1. The summed E-state index contributed by atoms with van der Waals surface area (Å²) in [6.07, 6.45) is 5.24. The van der Waals surface area contributed by atoms with Gasteiger partial charge in [-0.25, -0.2) is 4.98 Å². The Balaban J connectivity index is 1.90. The zero-order valence-electron chi connectivity index (χ0n) is 11.5.